The maximum absolute atomic E-state index is 13.7. The molecular formula is C12H9BrClF2NO. The molecule has 0 spiro atoms. The van der Waals surface area contributed by atoms with Gasteiger partial charge in [-0.05, 0) is 18.6 Å². The van der Waals surface area contributed by atoms with Gasteiger partial charge in [0.2, 0.25) is 0 Å². The second kappa shape index (κ2) is 5.80. The molecule has 0 aliphatic heterocycles. The fourth-order valence-corrected chi connectivity index (χ4v) is 2.07. The molecule has 0 amide bonds. The van der Waals surface area contributed by atoms with E-state index in [0.717, 1.165) is 0 Å². The molecule has 18 heavy (non-hydrogen) atoms. The van der Waals surface area contributed by atoms with Gasteiger partial charge < -0.3 is 4.42 Å². The van der Waals surface area contributed by atoms with Crippen LogP contribution in [0.3, 0.4) is 0 Å². The van der Waals surface area contributed by atoms with E-state index in [4.69, 9.17) is 16.0 Å². The summed E-state index contributed by atoms with van der Waals surface area (Å²) in [6, 6.07) is 2.36. The van der Waals surface area contributed by atoms with Crippen LogP contribution in [0.2, 0.25) is 0 Å². The van der Waals surface area contributed by atoms with Gasteiger partial charge in [-0.2, -0.15) is 0 Å². The van der Waals surface area contributed by atoms with E-state index in [2.05, 4.69) is 20.9 Å². The Morgan fingerprint density at radius 2 is 1.94 bits per heavy atom. The van der Waals surface area contributed by atoms with E-state index >= 15 is 0 Å². The average molecular weight is 337 g/mol. The lowest BCUT2D eigenvalue weighted by Crippen LogP contribution is -1.89. The fraction of sp³-hybridized carbons (Fsp3) is 0.250. The van der Waals surface area contributed by atoms with Gasteiger partial charge in [-0.1, -0.05) is 15.9 Å². The zero-order valence-electron chi connectivity index (χ0n) is 9.22. The molecule has 0 bridgehead atoms. The highest BCUT2D eigenvalue weighted by atomic mass is 79.9. The minimum absolute atomic E-state index is 0.0853. The molecule has 0 fully saturated rings. The largest absolute Gasteiger partial charge is 0.441 e. The molecule has 1 aromatic carbocycles. The highest BCUT2D eigenvalue weighted by molar-refractivity contribution is 9.10. The van der Waals surface area contributed by atoms with E-state index in [0.29, 0.717) is 29.1 Å². The summed E-state index contributed by atoms with van der Waals surface area (Å²) >= 11 is 8.57. The van der Waals surface area contributed by atoms with Crippen molar-refractivity contribution in [2.24, 2.45) is 0 Å². The van der Waals surface area contributed by atoms with Crippen LogP contribution in [-0.4, -0.2) is 10.9 Å². The van der Waals surface area contributed by atoms with Crippen LogP contribution in [0, 0.1) is 11.6 Å². The Morgan fingerprint density at radius 1 is 1.28 bits per heavy atom. The van der Waals surface area contributed by atoms with Crippen molar-refractivity contribution in [3.05, 3.63) is 40.3 Å². The van der Waals surface area contributed by atoms with Crippen molar-refractivity contribution < 1.29 is 13.2 Å². The first-order chi connectivity index (χ1) is 8.61. The first-order valence-corrected chi connectivity index (χ1v) is 6.60. The molecule has 0 saturated heterocycles. The summed E-state index contributed by atoms with van der Waals surface area (Å²) in [6.07, 6.45) is 2.56. The molecule has 0 atom stereocenters. The molecule has 2 aromatic rings. The van der Waals surface area contributed by atoms with Crippen molar-refractivity contribution in [1.29, 1.82) is 0 Å². The second-order valence-electron chi connectivity index (χ2n) is 3.66. The molecule has 0 aliphatic rings. The number of aryl methyl sites for hydroxylation is 1. The monoisotopic (exact) mass is 335 g/mol. The summed E-state index contributed by atoms with van der Waals surface area (Å²) in [5, 5.41) is 0. The van der Waals surface area contributed by atoms with E-state index in [1.54, 1.807) is 0 Å². The summed E-state index contributed by atoms with van der Waals surface area (Å²) in [5.41, 5.74) is -0.206. The molecule has 1 heterocycles. The number of aromatic nitrogens is 1. The summed E-state index contributed by atoms with van der Waals surface area (Å²) in [7, 11) is 0. The number of nitrogens with zero attached hydrogens (tertiary/aromatic N) is 1. The Balaban J connectivity index is 2.34. The van der Waals surface area contributed by atoms with Gasteiger partial charge in [-0.15, -0.1) is 11.6 Å². The Hall–Kier alpha value is -0.940. The third-order valence-electron chi connectivity index (χ3n) is 2.33. The third kappa shape index (κ3) is 2.90. The van der Waals surface area contributed by atoms with E-state index in [9.17, 15) is 8.78 Å². The molecule has 0 N–H and O–H groups in total. The van der Waals surface area contributed by atoms with Crippen molar-refractivity contribution in [2.45, 2.75) is 12.8 Å². The summed E-state index contributed by atoms with van der Waals surface area (Å²) in [4.78, 5) is 3.96. The Morgan fingerprint density at radius 3 is 2.56 bits per heavy atom. The van der Waals surface area contributed by atoms with E-state index in [1.807, 2.05) is 0 Å². The molecule has 0 saturated carbocycles. The fourth-order valence-electron chi connectivity index (χ4n) is 1.54. The van der Waals surface area contributed by atoms with Gasteiger partial charge in [0.25, 0.3) is 0 Å². The molecule has 96 valence electrons. The van der Waals surface area contributed by atoms with Crippen LogP contribution >= 0.6 is 27.5 Å². The van der Waals surface area contributed by atoms with E-state index in [-0.39, 0.29) is 11.3 Å². The molecule has 2 nitrogen and oxygen atoms in total. The minimum Gasteiger partial charge on any atom is -0.441 e. The number of hydrogen-bond acceptors (Lipinski definition) is 2. The van der Waals surface area contributed by atoms with Gasteiger partial charge in [-0.3, -0.25) is 0 Å². The first-order valence-electron chi connectivity index (χ1n) is 5.27. The molecule has 0 aliphatic carbocycles. The predicted octanol–water partition coefficient (Wildman–Crippen LogP) is 4.55. The zero-order chi connectivity index (χ0) is 13.1. The van der Waals surface area contributed by atoms with Crippen molar-refractivity contribution in [3.8, 4) is 11.3 Å². The van der Waals surface area contributed by atoms with Crippen LogP contribution < -0.4 is 0 Å². The molecule has 0 unspecified atom stereocenters. The van der Waals surface area contributed by atoms with Crippen LogP contribution in [-0.2, 0) is 6.42 Å². The maximum atomic E-state index is 13.7. The lowest BCUT2D eigenvalue weighted by atomic mass is 10.1. The van der Waals surface area contributed by atoms with Crippen molar-refractivity contribution in [2.75, 3.05) is 5.88 Å². The minimum atomic E-state index is -0.693. The Kier molecular flexibility index (Phi) is 4.35. The molecule has 0 radical (unpaired) electrons. The normalized spacial score (nSPS) is 10.9. The molecule has 1 aromatic heterocycles. The topological polar surface area (TPSA) is 26.0 Å². The van der Waals surface area contributed by atoms with Crippen LogP contribution in [0.15, 0.2) is 27.2 Å². The van der Waals surface area contributed by atoms with Gasteiger partial charge in [0, 0.05) is 16.8 Å². The number of oxazole rings is 1. The molecular weight excluding hydrogens is 327 g/mol. The maximum Gasteiger partial charge on any atom is 0.194 e. The second-order valence-corrected chi connectivity index (χ2v) is 4.95. The first kappa shape index (κ1) is 13.5. The number of rotatable bonds is 4. The SMILES string of the molecule is Fc1cc(Br)cc(F)c1-c1cnc(CCCCl)o1. The number of halogens is 4. The lowest BCUT2D eigenvalue weighted by molar-refractivity contribution is 0.493. The Bertz CT molecular complexity index is 536. The van der Waals surface area contributed by atoms with Crippen molar-refractivity contribution >= 4 is 27.5 Å². The Labute approximate surface area is 116 Å². The van der Waals surface area contributed by atoms with Crippen LogP contribution in [0.4, 0.5) is 8.78 Å². The highest BCUT2D eigenvalue weighted by Crippen LogP contribution is 2.29. The van der Waals surface area contributed by atoms with Crippen LogP contribution in [0.1, 0.15) is 12.3 Å². The zero-order valence-corrected chi connectivity index (χ0v) is 11.6. The quantitative estimate of drug-likeness (QED) is 0.765. The smallest absolute Gasteiger partial charge is 0.194 e. The van der Waals surface area contributed by atoms with Crippen molar-refractivity contribution in [3.63, 3.8) is 0 Å². The van der Waals surface area contributed by atoms with Gasteiger partial charge in [0.05, 0.1) is 11.8 Å². The van der Waals surface area contributed by atoms with Gasteiger partial charge in [-0.25, -0.2) is 13.8 Å². The van der Waals surface area contributed by atoms with Gasteiger partial charge in [0.1, 0.15) is 11.6 Å². The number of benzene rings is 1. The van der Waals surface area contributed by atoms with Gasteiger partial charge in [0.15, 0.2) is 11.7 Å². The third-order valence-corrected chi connectivity index (χ3v) is 3.06. The number of alkyl halides is 1. The van der Waals surface area contributed by atoms with Crippen LogP contribution in [0.5, 0.6) is 0 Å². The lowest BCUT2D eigenvalue weighted by Gasteiger charge is -2.02. The summed E-state index contributed by atoms with van der Waals surface area (Å²) in [6.45, 7) is 0. The standard InChI is InChI=1S/C12H9BrClF2NO/c13-7-4-8(15)12(9(16)5-7)10-6-17-11(18-10)2-1-3-14/h4-6H,1-3H2. The summed E-state index contributed by atoms with van der Waals surface area (Å²) < 4.78 is 33.0. The predicted molar refractivity (Wildman–Crippen MR) is 68.6 cm³/mol. The van der Waals surface area contributed by atoms with E-state index in [1.165, 1.54) is 18.3 Å². The van der Waals surface area contributed by atoms with Gasteiger partial charge >= 0.3 is 0 Å². The van der Waals surface area contributed by atoms with E-state index < -0.39 is 11.6 Å². The number of hydrogen-bond donors (Lipinski definition) is 0. The van der Waals surface area contributed by atoms with Crippen molar-refractivity contribution in [1.82, 2.24) is 4.98 Å². The summed E-state index contributed by atoms with van der Waals surface area (Å²) in [5.74, 6) is -0.392. The molecule has 2 rings (SSSR count). The van der Waals surface area contributed by atoms with Crippen LogP contribution in [0.25, 0.3) is 11.3 Å². The molecule has 6 heteroatoms. The highest BCUT2D eigenvalue weighted by Gasteiger charge is 2.17. The average Bonchev–Trinajstić information content (AvgIpc) is 2.73.